The van der Waals surface area contributed by atoms with Gasteiger partial charge in [-0.1, -0.05) is 30.3 Å². The third-order valence-electron chi connectivity index (χ3n) is 3.28. The predicted octanol–water partition coefficient (Wildman–Crippen LogP) is 2.83. The highest BCUT2D eigenvalue weighted by Gasteiger charge is 2.22. The van der Waals surface area contributed by atoms with Crippen molar-refractivity contribution in [2.24, 2.45) is 5.10 Å². The normalized spacial score (nSPS) is 18.3. The number of hydrazone groups is 1. The standard InChI is InChI=1S/C15H15N3/c1-11-6-2-3-7-12(11)14-10-15(18-17-14)13-8-4-5-9-16-13/h2-9,14,17H,10H2,1H3. The average molecular weight is 237 g/mol. The molecule has 0 fully saturated rings. The molecule has 18 heavy (non-hydrogen) atoms. The molecule has 0 radical (unpaired) electrons. The lowest BCUT2D eigenvalue weighted by Gasteiger charge is -2.12. The van der Waals surface area contributed by atoms with E-state index in [1.54, 1.807) is 6.20 Å². The van der Waals surface area contributed by atoms with Crippen molar-refractivity contribution in [3.8, 4) is 0 Å². The van der Waals surface area contributed by atoms with E-state index in [0.717, 1.165) is 17.8 Å². The van der Waals surface area contributed by atoms with Gasteiger partial charge in [0.25, 0.3) is 0 Å². The number of nitrogens with one attached hydrogen (secondary N) is 1. The Balaban J connectivity index is 1.81. The van der Waals surface area contributed by atoms with Crippen LogP contribution in [0.4, 0.5) is 0 Å². The highest BCUT2D eigenvalue weighted by atomic mass is 15.3. The van der Waals surface area contributed by atoms with Crippen molar-refractivity contribution in [3.05, 3.63) is 65.5 Å². The predicted molar refractivity (Wildman–Crippen MR) is 72.4 cm³/mol. The zero-order chi connectivity index (χ0) is 12.4. The lowest BCUT2D eigenvalue weighted by molar-refractivity contribution is 0.616. The van der Waals surface area contributed by atoms with Crippen molar-refractivity contribution < 1.29 is 0 Å². The van der Waals surface area contributed by atoms with Gasteiger partial charge in [0, 0.05) is 12.6 Å². The van der Waals surface area contributed by atoms with Gasteiger partial charge in [-0.2, -0.15) is 5.10 Å². The van der Waals surface area contributed by atoms with E-state index in [-0.39, 0.29) is 6.04 Å². The highest BCUT2D eigenvalue weighted by Crippen LogP contribution is 2.25. The fourth-order valence-electron chi connectivity index (χ4n) is 2.29. The van der Waals surface area contributed by atoms with Crippen LogP contribution in [0.5, 0.6) is 0 Å². The molecule has 2 aromatic rings. The quantitative estimate of drug-likeness (QED) is 0.872. The molecule has 1 aliphatic heterocycles. The minimum atomic E-state index is 0.267. The number of nitrogens with zero attached hydrogens (tertiary/aromatic N) is 2. The topological polar surface area (TPSA) is 37.3 Å². The first-order valence-electron chi connectivity index (χ1n) is 6.13. The van der Waals surface area contributed by atoms with Crippen LogP contribution in [0.15, 0.2) is 53.8 Å². The average Bonchev–Trinajstić information content (AvgIpc) is 2.90. The highest BCUT2D eigenvalue weighted by molar-refractivity contribution is 6.00. The molecule has 1 N–H and O–H groups in total. The van der Waals surface area contributed by atoms with E-state index < -0.39 is 0 Å². The number of benzene rings is 1. The first kappa shape index (κ1) is 11.0. The maximum Gasteiger partial charge on any atom is 0.0883 e. The minimum Gasteiger partial charge on any atom is -0.302 e. The van der Waals surface area contributed by atoms with Gasteiger partial charge < -0.3 is 5.43 Å². The summed E-state index contributed by atoms with van der Waals surface area (Å²) in [6.45, 7) is 2.13. The molecule has 1 aliphatic rings. The third-order valence-corrected chi connectivity index (χ3v) is 3.28. The molecule has 3 rings (SSSR count). The van der Waals surface area contributed by atoms with Gasteiger partial charge in [0.2, 0.25) is 0 Å². The Bertz CT molecular complexity index is 575. The Labute approximate surface area is 107 Å². The van der Waals surface area contributed by atoms with E-state index in [0.29, 0.717) is 0 Å². The van der Waals surface area contributed by atoms with Crippen LogP contribution in [0.1, 0.15) is 29.3 Å². The molecular weight excluding hydrogens is 222 g/mol. The molecule has 0 saturated heterocycles. The second-order valence-corrected chi connectivity index (χ2v) is 4.52. The molecule has 0 spiro atoms. The number of hydrogen-bond donors (Lipinski definition) is 1. The van der Waals surface area contributed by atoms with Gasteiger partial charge in [0.15, 0.2) is 0 Å². The van der Waals surface area contributed by atoms with Gasteiger partial charge in [-0.25, -0.2) is 0 Å². The number of aromatic nitrogens is 1. The van der Waals surface area contributed by atoms with E-state index >= 15 is 0 Å². The summed E-state index contributed by atoms with van der Waals surface area (Å²) in [4.78, 5) is 4.34. The van der Waals surface area contributed by atoms with Crippen molar-refractivity contribution in [2.45, 2.75) is 19.4 Å². The molecule has 0 saturated carbocycles. The Kier molecular flexibility index (Phi) is 2.81. The molecule has 0 amide bonds. The Hall–Kier alpha value is -2.16. The smallest absolute Gasteiger partial charge is 0.0883 e. The van der Waals surface area contributed by atoms with E-state index in [1.165, 1.54) is 11.1 Å². The SMILES string of the molecule is Cc1ccccc1C1CC(c2ccccn2)=NN1. The molecule has 0 bridgehead atoms. The number of rotatable bonds is 2. The Morgan fingerprint density at radius 2 is 1.94 bits per heavy atom. The summed E-state index contributed by atoms with van der Waals surface area (Å²) in [5, 5.41) is 4.41. The summed E-state index contributed by atoms with van der Waals surface area (Å²) in [6, 6.07) is 14.6. The van der Waals surface area contributed by atoms with Gasteiger partial charge >= 0.3 is 0 Å². The van der Waals surface area contributed by atoms with Crippen LogP contribution >= 0.6 is 0 Å². The summed E-state index contributed by atoms with van der Waals surface area (Å²) < 4.78 is 0. The maximum atomic E-state index is 4.41. The maximum absolute atomic E-state index is 4.41. The summed E-state index contributed by atoms with van der Waals surface area (Å²) >= 11 is 0. The van der Waals surface area contributed by atoms with Crippen molar-refractivity contribution in [1.29, 1.82) is 0 Å². The first-order chi connectivity index (χ1) is 8.84. The second-order valence-electron chi connectivity index (χ2n) is 4.52. The zero-order valence-corrected chi connectivity index (χ0v) is 10.3. The number of aryl methyl sites for hydroxylation is 1. The van der Waals surface area contributed by atoms with E-state index in [1.807, 2.05) is 18.2 Å². The van der Waals surface area contributed by atoms with Crippen LogP contribution in [0.3, 0.4) is 0 Å². The first-order valence-corrected chi connectivity index (χ1v) is 6.13. The molecule has 1 aromatic carbocycles. The van der Waals surface area contributed by atoms with Gasteiger partial charge in [0.05, 0.1) is 17.4 Å². The third kappa shape index (κ3) is 1.99. The molecule has 2 heterocycles. The van der Waals surface area contributed by atoms with Crippen molar-refractivity contribution >= 4 is 5.71 Å². The van der Waals surface area contributed by atoms with Crippen molar-refractivity contribution in [2.75, 3.05) is 0 Å². The summed E-state index contributed by atoms with van der Waals surface area (Å²) in [7, 11) is 0. The Morgan fingerprint density at radius 1 is 1.11 bits per heavy atom. The molecule has 1 aromatic heterocycles. The van der Waals surface area contributed by atoms with Gasteiger partial charge in [-0.05, 0) is 30.2 Å². The fourth-order valence-corrected chi connectivity index (χ4v) is 2.29. The van der Waals surface area contributed by atoms with E-state index in [2.05, 4.69) is 46.7 Å². The van der Waals surface area contributed by atoms with Crippen LogP contribution in [-0.2, 0) is 0 Å². The summed E-state index contributed by atoms with van der Waals surface area (Å²) in [5.41, 5.74) is 7.81. The molecule has 90 valence electrons. The second kappa shape index (κ2) is 4.61. The lowest BCUT2D eigenvalue weighted by atomic mass is 9.97. The van der Waals surface area contributed by atoms with Crippen LogP contribution in [-0.4, -0.2) is 10.7 Å². The van der Waals surface area contributed by atoms with Crippen molar-refractivity contribution in [3.63, 3.8) is 0 Å². The van der Waals surface area contributed by atoms with Gasteiger partial charge in [0.1, 0.15) is 0 Å². The molecule has 0 aliphatic carbocycles. The fraction of sp³-hybridized carbons (Fsp3) is 0.200. The van der Waals surface area contributed by atoms with Gasteiger partial charge in [-0.15, -0.1) is 0 Å². The molecule has 1 atom stereocenters. The van der Waals surface area contributed by atoms with Crippen LogP contribution in [0.25, 0.3) is 0 Å². The molecule has 3 heteroatoms. The van der Waals surface area contributed by atoms with Crippen molar-refractivity contribution in [1.82, 2.24) is 10.4 Å². The molecule has 3 nitrogen and oxygen atoms in total. The van der Waals surface area contributed by atoms with E-state index in [4.69, 9.17) is 0 Å². The minimum absolute atomic E-state index is 0.267. The van der Waals surface area contributed by atoms with E-state index in [9.17, 15) is 0 Å². The number of pyridine rings is 1. The van der Waals surface area contributed by atoms with Crippen LogP contribution in [0, 0.1) is 6.92 Å². The zero-order valence-electron chi connectivity index (χ0n) is 10.3. The summed E-state index contributed by atoms with van der Waals surface area (Å²) in [6.07, 6.45) is 2.70. The van der Waals surface area contributed by atoms with Crippen LogP contribution < -0.4 is 5.43 Å². The largest absolute Gasteiger partial charge is 0.302 e. The monoisotopic (exact) mass is 237 g/mol. The van der Waals surface area contributed by atoms with Crippen LogP contribution in [0.2, 0.25) is 0 Å². The van der Waals surface area contributed by atoms with Gasteiger partial charge in [-0.3, -0.25) is 4.98 Å². The number of hydrogen-bond acceptors (Lipinski definition) is 3. The molecule has 1 unspecified atom stereocenters. The molecular formula is C15H15N3. The summed E-state index contributed by atoms with van der Waals surface area (Å²) in [5.74, 6) is 0. The lowest BCUT2D eigenvalue weighted by Crippen LogP contribution is -2.11. The Morgan fingerprint density at radius 3 is 2.72 bits per heavy atom.